The number of anilines is 3. The molecule has 12 heteroatoms. The van der Waals surface area contributed by atoms with Crippen molar-refractivity contribution in [3.63, 3.8) is 0 Å². The molecule has 0 saturated carbocycles. The highest BCUT2D eigenvalue weighted by molar-refractivity contribution is 5.76. The molecule has 2 aliphatic rings. The van der Waals surface area contributed by atoms with Crippen molar-refractivity contribution in [2.45, 2.75) is 38.2 Å². The number of rotatable bonds is 9. The first kappa shape index (κ1) is 24.3. The number of alkyl halides is 2. The maximum atomic E-state index is 13.5. The van der Waals surface area contributed by atoms with Gasteiger partial charge in [-0.1, -0.05) is 0 Å². The molecule has 1 amide bonds. The fourth-order valence-electron chi connectivity index (χ4n) is 4.18. The van der Waals surface area contributed by atoms with Crippen LogP contribution in [0.15, 0.2) is 18.6 Å². The van der Waals surface area contributed by atoms with E-state index in [9.17, 15) is 13.6 Å². The summed E-state index contributed by atoms with van der Waals surface area (Å²) < 4.78 is 34.3. The van der Waals surface area contributed by atoms with Crippen LogP contribution in [0.3, 0.4) is 0 Å². The number of likely N-dealkylation sites (tertiary alicyclic amines) is 1. The van der Waals surface area contributed by atoms with Crippen LogP contribution in [0.5, 0.6) is 0 Å². The first-order valence-electron chi connectivity index (χ1n) is 11.7. The number of carbonyl (C=O) groups excluding carboxylic acids is 1. The predicted octanol–water partition coefficient (Wildman–Crippen LogP) is 2.67. The molecule has 34 heavy (non-hydrogen) atoms. The summed E-state index contributed by atoms with van der Waals surface area (Å²) >= 11 is 0. The molecule has 0 radical (unpaired) electrons. The summed E-state index contributed by atoms with van der Waals surface area (Å²) in [5.74, 6) is 0.357. The lowest BCUT2D eigenvalue weighted by Crippen LogP contribution is -2.33. The minimum atomic E-state index is -2.70. The van der Waals surface area contributed by atoms with Crippen LogP contribution in [0, 0.1) is 0 Å². The van der Waals surface area contributed by atoms with E-state index in [4.69, 9.17) is 4.74 Å². The van der Waals surface area contributed by atoms with E-state index in [2.05, 4.69) is 37.6 Å². The van der Waals surface area contributed by atoms with Gasteiger partial charge < -0.3 is 25.2 Å². The zero-order valence-electron chi connectivity index (χ0n) is 19.4. The average Bonchev–Trinajstić information content (AvgIpc) is 3.18. The van der Waals surface area contributed by atoms with E-state index in [0.717, 1.165) is 32.1 Å². The summed E-state index contributed by atoms with van der Waals surface area (Å²) in [7, 11) is 2.11. The number of amides is 1. The van der Waals surface area contributed by atoms with Gasteiger partial charge in [-0.05, 0) is 39.4 Å². The molecule has 2 fully saturated rings. The van der Waals surface area contributed by atoms with Crippen molar-refractivity contribution >= 4 is 23.4 Å². The Morgan fingerprint density at radius 2 is 2.03 bits per heavy atom. The summed E-state index contributed by atoms with van der Waals surface area (Å²) in [6, 6.07) is 0.341. The molecule has 0 spiro atoms. The molecule has 2 aliphatic heterocycles. The second-order valence-electron chi connectivity index (χ2n) is 8.69. The summed E-state index contributed by atoms with van der Waals surface area (Å²) in [6.45, 7) is 4.50. The Morgan fingerprint density at radius 1 is 1.21 bits per heavy atom. The highest BCUT2D eigenvalue weighted by Gasteiger charge is 2.20. The van der Waals surface area contributed by atoms with Crippen LogP contribution in [-0.4, -0.2) is 88.4 Å². The van der Waals surface area contributed by atoms with E-state index in [1.54, 1.807) is 11.1 Å². The minimum Gasteiger partial charge on any atom is -0.379 e. The van der Waals surface area contributed by atoms with E-state index in [1.165, 1.54) is 0 Å². The largest absolute Gasteiger partial charge is 0.379 e. The minimum absolute atomic E-state index is 0.0556. The fraction of sp³-hybridized carbons (Fsp3) is 0.636. The molecular weight excluding hydrogens is 446 g/mol. The Bertz CT molecular complexity index is 949. The van der Waals surface area contributed by atoms with Gasteiger partial charge in [0.1, 0.15) is 5.82 Å². The zero-order valence-corrected chi connectivity index (χ0v) is 19.4. The van der Waals surface area contributed by atoms with Crippen molar-refractivity contribution in [1.82, 2.24) is 29.5 Å². The normalized spacial score (nSPS) is 18.4. The molecule has 0 bridgehead atoms. The molecule has 2 aromatic rings. The third-order valence-electron chi connectivity index (χ3n) is 6.19. The van der Waals surface area contributed by atoms with Crippen LogP contribution in [0.1, 0.15) is 43.7 Å². The molecular formula is C22H32F2N8O2. The maximum Gasteiger partial charge on any atom is 0.268 e. The monoisotopic (exact) mass is 478 g/mol. The standard InChI is InChI=1S/C22H32F2N8O2/c1-30-8-3-17(4-9-30)32-15-16(13-27-32)28-22-26-14-18(20(23)24)21(29-22)25-6-2-7-31-10-12-34-11-5-19(31)33/h13-15,17,20H,2-12H2,1H3,(H2,25,26,28,29). The smallest absolute Gasteiger partial charge is 0.268 e. The van der Waals surface area contributed by atoms with Crippen molar-refractivity contribution in [1.29, 1.82) is 0 Å². The first-order valence-corrected chi connectivity index (χ1v) is 11.7. The van der Waals surface area contributed by atoms with Crippen LogP contribution >= 0.6 is 0 Å². The van der Waals surface area contributed by atoms with E-state index in [0.29, 0.717) is 57.4 Å². The molecule has 10 nitrogen and oxygen atoms in total. The number of hydrogen-bond donors (Lipinski definition) is 2. The number of piperidine rings is 1. The Balaban J connectivity index is 1.34. The second-order valence-corrected chi connectivity index (χ2v) is 8.69. The summed E-state index contributed by atoms with van der Waals surface area (Å²) in [6.07, 6.45) is 5.06. The summed E-state index contributed by atoms with van der Waals surface area (Å²) in [5, 5.41) is 10.5. The van der Waals surface area contributed by atoms with Crippen LogP contribution in [0.2, 0.25) is 0 Å². The van der Waals surface area contributed by atoms with Gasteiger partial charge in [0.05, 0.1) is 43.1 Å². The molecule has 2 aromatic heterocycles. The third-order valence-corrected chi connectivity index (χ3v) is 6.19. The highest BCUT2D eigenvalue weighted by atomic mass is 19.3. The van der Waals surface area contributed by atoms with E-state index >= 15 is 0 Å². The van der Waals surface area contributed by atoms with Crippen LogP contribution in [-0.2, 0) is 9.53 Å². The number of nitrogens with one attached hydrogen (secondary N) is 2. The summed E-state index contributed by atoms with van der Waals surface area (Å²) in [4.78, 5) is 24.4. The molecule has 0 aliphatic carbocycles. The predicted molar refractivity (Wildman–Crippen MR) is 123 cm³/mol. The number of nitrogens with zero attached hydrogens (tertiary/aromatic N) is 6. The van der Waals surface area contributed by atoms with Crippen molar-refractivity contribution < 1.29 is 18.3 Å². The van der Waals surface area contributed by atoms with Gasteiger partial charge >= 0.3 is 0 Å². The Kier molecular flexibility index (Phi) is 8.22. The van der Waals surface area contributed by atoms with Gasteiger partial charge in [0.25, 0.3) is 6.43 Å². The molecule has 4 rings (SSSR count). The highest BCUT2D eigenvalue weighted by Crippen LogP contribution is 2.27. The zero-order chi connectivity index (χ0) is 23.9. The lowest BCUT2D eigenvalue weighted by Gasteiger charge is -2.28. The third kappa shape index (κ3) is 6.38. The lowest BCUT2D eigenvalue weighted by molar-refractivity contribution is -0.130. The Morgan fingerprint density at radius 3 is 2.82 bits per heavy atom. The van der Waals surface area contributed by atoms with Gasteiger partial charge in [-0.3, -0.25) is 9.48 Å². The maximum absolute atomic E-state index is 13.5. The topological polar surface area (TPSA) is 100 Å². The average molecular weight is 479 g/mol. The van der Waals surface area contributed by atoms with Crippen LogP contribution in [0.25, 0.3) is 0 Å². The Labute approximate surface area is 197 Å². The molecule has 0 atom stereocenters. The van der Waals surface area contributed by atoms with Gasteiger partial charge in [0.2, 0.25) is 11.9 Å². The molecule has 0 unspecified atom stereocenters. The molecule has 0 aromatic carbocycles. The SMILES string of the molecule is CN1CCC(n2cc(Nc3ncc(C(F)F)c(NCCCN4CCOCCC4=O)n3)cn2)CC1. The van der Waals surface area contributed by atoms with Gasteiger partial charge in [0.15, 0.2) is 0 Å². The van der Waals surface area contributed by atoms with Crippen molar-refractivity contribution in [3.05, 3.63) is 24.2 Å². The van der Waals surface area contributed by atoms with Crippen molar-refractivity contribution in [2.75, 3.05) is 63.6 Å². The van der Waals surface area contributed by atoms with Crippen LogP contribution < -0.4 is 10.6 Å². The quantitative estimate of drug-likeness (QED) is 0.531. The van der Waals surface area contributed by atoms with Crippen LogP contribution in [0.4, 0.5) is 26.2 Å². The summed E-state index contributed by atoms with van der Waals surface area (Å²) in [5.41, 5.74) is 0.448. The van der Waals surface area contributed by atoms with E-state index in [-0.39, 0.29) is 23.2 Å². The fourth-order valence-corrected chi connectivity index (χ4v) is 4.18. The van der Waals surface area contributed by atoms with Gasteiger partial charge in [0, 0.05) is 32.0 Å². The van der Waals surface area contributed by atoms with Gasteiger partial charge in [-0.2, -0.15) is 10.1 Å². The first-order chi connectivity index (χ1) is 16.5. The molecule has 2 saturated heterocycles. The number of hydrogen-bond acceptors (Lipinski definition) is 8. The molecule has 2 N–H and O–H groups in total. The van der Waals surface area contributed by atoms with Crippen molar-refractivity contribution in [2.24, 2.45) is 0 Å². The molecule has 4 heterocycles. The van der Waals surface area contributed by atoms with Crippen molar-refractivity contribution in [3.8, 4) is 0 Å². The number of halogens is 2. The van der Waals surface area contributed by atoms with Gasteiger partial charge in [-0.25, -0.2) is 13.8 Å². The molecule has 186 valence electrons. The Hall–Kier alpha value is -2.86. The number of ether oxygens (including phenoxy) is 1. The van der Waals surface area contributed by atoms with Gasteiger partial charge in [-0.15, -0.1) is 0 Å². The number of carbonyl (C=O) groups is 1. The lowest BCUT2D eigenvalue weighted by atomic mass is 10.1. The van der Waals surface area contributed by atoms with E-state index in [1.807, 2.05) is 10.9 Å². The number of aromatic nitrogens is 4. The van der Waals surface area contributed by atoms with E-state index < -0.39 is 6.43 Å². The second kappa shape index (κ2) is 11.5.